The Bertz CT molecular complexity index is 488. The van der Waals surface area contributed by atoms with Crippen molar-refractivity contribution >= 4 is 0 Å². The molecule has 1 unspecified atom stereocenters. The summed E-state index contributed by atoms with van der Waals surface area (Å²) < 4.78 is 5.49. The molecule has 0 aliphatic heterocycles. The van der Waals surface area contributed by atoms with Crippen LogP contribution in [0.3, 0.4) is 0 Å². The monoisotopic (exact) mass is 256 g/mol. The standard InChI is InChI=1S/C18H24O/c1-19-15-8-7-14-11-13-5-4-10-18(17(14)12-15)9-3-2-6-16(13)18/h7-8,12-13,16H,2-6,9-11H2,1H3/t13-,16+,18?/m0/s1. The molecule has 3 aliphatic rings. The summed E-state index contributed by atoms with van der Waals surface area (Å²) in [6.07, 6.45) is 11.5. The second-order valence-electron chi connectivity index (χ2n) is 6.89. The van der Waals surface area contributed by atoms with Gasteiger partial charge < -0.3 is 4.74 Å². The van der Waals surface area contributed by atoms with Crippen LogP contribution < -0.4 is 4.74 Å². The molecule has 1 aromatic carbocycles. The molecule has 4 rings (SSSR count). The maximum Gasteiger partial charge on any atom is 0.119 e. The minimum atomic E-state index is 0.517. The number of fused-ring (bicyclic) bond motifs is 1. The van der Waals surface area contributed by atoms with Gasteiger partial charge in [-0.15, -0.1) is 0 Å². The summed E-state index contributed by atoms with van der Waals surface area (Å²) in [7, 11) is 1.80. The minimum Gasteiger partial charge on any atom is -0.497 e. The van der Waals surface area contributed by atoms with Crippen molar-refractivity contribution in [1.82, 2.24) is 0 Å². The van der Waals surface area contributed by atoms with Crippen molar-refractivity contribution in [3.8, 4) is 5.75 Å². The van der Waals surface area contributed by atoms with E-state index < -0.39 is 0 Å². The number of ether oxygens (including phenoxy) is 1. The number of hydrogen-bond acceptors (Lipinski definition) is 1. The Morgan fingerprint density at radius 1 is 1.11 bits per heavy atom. The highest BCUT2D eigenvalue weighted by molar-refractivity contribution is 5.44. The number of methoxy groups -OCH3 is 1. The van der Waals surface area contributed by atoms with Crippen LogP contribution in [0.15, 0.2) is 18.2 Å². The third-order valence-corrected chi connectivity index (χ3v) is 6.20. The zero-order valence-corrected chi connectivity index (χ0v) is 12.0. The lowest BCUT2D eigenvalue weighted by Gasteiger charge is -2.55. The van der Waals surface area contributed by atoms with Crippen LogP contribution >= 0.6 is 0 Å². The molecule has 3 aliphatic carbocycles. The summed E-state index contributed by atoms with van der Waals surface area (Å²) in [5, 5.41) is 0. The Morgan fingerprint density at radius 2 is 2.00 bits per heavy atom. The zero-order valence-electron chi connectivity index (χ0n) is 12.0. The molecule has 0 amide bonds. The molecular weight excluding hydrogens is 232 g/mol. The molecule has 2 saturated carbocycles. The third-order valence-electron chi connectivity index (χ3n) is 6.20. The summed E-state index contributed by atoms with van der Waals surface area (Å²) in [5.74, 6) is 2.99. The Labute approximate surface area is 116 Å². The van der Waals surface area contributed by atoms with E-state index in [4.69, 9.17) is 4.74 Å². The average molecular weight is 256 g/mol. The van der Waals surface area contributed by atoms with Crippen molar-refractivity contribution in [2.24, 2.45) is 11.8 Å². The SMILES string of the molecule is COc1ccc2c(c1)C13CCCC[C@@H]1[C@@H](CCC3)C2. The van der Waals surface area contributed by atoms with Gasteiger partial charge in [-0.3, -0.25) is 0 Å². The molecule has 0 N–H and O–H groups in total. The van der Waals surface area contributed by atoms with Crippen LogP contribution in [0.2, 0.25) is 0 Å². The number of benzene rings is 1. The average Bonchev–Trinajstić information content (AvgIpc) is 2.47. The van der Waals surface area contributed by atoms with E-state index in [0.717, 1.165) is 17.6 Å². The quantitative estimate of drug-likeness (QED) is 0.720. The molecule has 0 radical (unpaired) electrons. The van der Waals surface area contributed by atoms with Crippen molar-refractivity contribution in [2.45, 2.75) is 56.8 Å². The molecule has 1 aromatic rings. The minimum absolute atomic E-state index is 0.517. The molecule has 2 fully saturated rings. The first-order valence-corrected chi connectivity index (χ1v) is 8.01. The van der Waals surface area contributed by atoms with Crippen molar-refractivity contribution in [1.29, 1.82) is 0 Å². The molecule has 0 heterocycles. The summed E-state index contributed by atoms with van der Waals surface area (Å²) in [6.45, 7) is 0. The predicted octanol–water partition coefficient (Wildman–Crippen LogP) is 4.48. The number of hydrogen-bond donors (Lipinski definition) is 0. The van der Waals surface area contributed by atoms with Gasteiger partial charge in [0, 0.05) is 0 Å². The van der Waals surface area contributed by atoms with E-state index >= 15 is 0 Å². The molecule has 0 spiro atoms. The highest BCUT2D eigenvalue weighted by atomic mass is 16.5. The van der Waals surface area contributed by atoms with Crippen LogP contribution in [0, 0.1) is 11.8 Å². The van der Waals surface area contributed by atoms with E-state index in [1.54, 1.807) is 18.2 Å². The summed E-state index contributed by atoms with van der Waals surface area (Å²) in [6, 6.07) is 6.88. The van der Waals surface area contributed by atoms with Crippen molar-refractivity contribution < 1.29 is 4.74 Å². The fourth-order valence-electron chi connectivity index (χ4n) is 5.46. The molecular formula is C18H24O. The molecule has 19 heavy (non-hydrogen) atoms. The molecule has 102 valence electrons. The lowest BCUT2D eigenvalue weighted by Crippen LogP contribution is -2.49. The second-order valence-corrected chi connectivity index (χ2v) is 6.89. The first kappa shape index (κ1) is 11.8. The van der Waals surface area contributed by atoms with Gasteiger partial charge in [-0.1, -0.05) is 25.3 Å². The van der Waals surface area contributed by atoms with Crippen LogP contribution in [-0.2, 0) is 11.8 Å². The van der Waals surface area contributed by atoms with Gasteiger partial charge in [-0.25, -0.2) is 0 Å². The smallest absolute Gasteiger partial charge is 0.119 e. The topological polar surface area (TPSA) is 9.23 Å². The van der Waals surface area contributed by atoms with E-state index in [1.165, 1.54) is 51.4 Å². The van der Waals surface area contributed by atoms with E-state index in [-0.39, 0.29) is 0 Å². The van der Waals surface area contributed by atoms with Crippen LogP contribution in [0.5, 0.6) is 5.75 Å². The predicted molar refractivity (Wildman–Crippen MR) is 77.7 cm³/mol. The van der Waals surface area contributed by atoms with Gasteiger partial charge in [0.25, 0.3) is 0 Å². The zero-order chi connectivity index (χ0) is 12.9. The first-order chi connectivity index (χ1) is 9.33. The molecule has 1 nitrogen and oxygen atoms in total. The summed E-state index contributed by atoms with van der Waals surface area (Å²) in [4.78, 5) is 0. The van der Waals surface area contributed by atoms with Crippen LogP contribution in [0.1, 0.15) is 56.1 Å². The van der Waals surface area contributed by atoms with Crippen molar-refractivity contribution in [2.75, 3.05) is 7.11 Å². The Kier molecular flexibility index (Phi) is 2.65. The second kappa shape index (κ2) is 4.26. The van der Waals surface area contributed by atoms with E-state index in [0.29, 0.717) is 5.41 Å². The van der Waals surface area contributed by atoms with E-state index in [1.807, 2.05) is 0 Å². The molecule has 0 aromatic heterocycles. The summed E-state index contributed by atoms with van der Waals surface area (Å²) >= 11 is 0. The largest absolute Gasteiger partial charge is 0.497 e. The van der Waals surface area contributed by atoms with Gasteiger partial charge in [0.1, 0.15) is 5.75 Å². The molecule has 1 heteroatoms. The Hall–Kier alpha value is -0.980. The highest BCUT2D eigenvalue weighted by Gasteiger charge is 2.51. The summed E-state index contributed by atoms with van der Waals surface area (Å²) in [5.41, 5.74) is 3.81. The molecule has 0 saturated heterocycles. The van der Waals surface area contributed by atoms with Crippen molar-refractivity contribution in [3.05, 3.63) is 29.3 Å². The van der Waals surface area contributed by atoms with Crippen LogP contribution in [-0.4, -0.2) is 7.11 Å². The van der Waals surface area contributed by atoms with Gasteiger partial charge in [0.15, 0.2) is 0 Å². The maximum absolute atomic E-state index is 5.49. The Morgan fingerprint density at radius 3 is 2.89 bits per heavy atom. The normalized spacial score (nSPS) is 36.3. The van der Waals surface area contributed by atoms with Crippen LogP contribution in [0.25, 0.3) is 0 Å². The van der Waals surface area contributed by atoms with Gasteiger partial charge in [0.2, 0.25) is 0 Å². The first-order valence-electron chi connectivity index (χ1n) is 8.01. The van der Waals surface area contributed by atoms with Gasteiger partial charge in [-0.2, -0.15) is 0 Å². The van der Waals surface area contributed by atoms with Crippen LogP contribution in [0.4, 0.5) is 0 Å². The van der Waals surface area contributed by atoms with Gasteiger partial charge in [0.05, 0.1) is 7.11 Å². The maximum atomic E-state index is 5.49. The lowest BCUT2D eigenvalue weighted by molar-refractivity contribution is 0.0521. The number of rotatable bonds is 1. The highest BCUT2D eigenvalue weighted by Crippen LogP contribution is 2.58. The van der Waals surface area contributed by atoms with E-state index in [2.05, 4.69) is 18.2 Å². The Balaban J connectivity index is 1.88. The lowest BCUT2D eigenvalue weighted by atomic mass is 9.49. The van der Waals surface area contributed by atoms with Gasteiger partial charge >= 0.3 is 0 Å². The van der Waals surface area contributed by atoms with Crippen molar-refractivity contribution in [3.63, 3.8) is 0 Å². The molecule has 3 atom stereocenters. The van der Waals surface area contributed by atoms with E-state index in [9.17, 15) is 0 Å². The fraction of sp³-hybridized carbons (Fsp3) is 0.667. The third kappa shape index (κ3) is 1.60. The fourth-order valence-corrected chi connectivity index (χ4v) is 5.46. The molecule has 2 bridgehead atoms. The van der Waals surface area contributed by atoms with Gasteiger partial charge in [-0.05, 0) is 72.6 Å².